The van der Waals surface area contributed by atoms with E-state index >= 15 is 4.79 Å². The number of hydrogen-bond donors (Lipinski definition) is 9. The van der Waals surface area contributed by atoms with Gasteiger partial charge in [0.05, 0.1) is 51.1 Å². The number of aliphatic hydroxyl groups is 4. The molecular formula is C95H177N2O23P. The second-order valence-electron chi connectivity index (χ2n) is 35.3. The van der Waals surface area contributed by atoms with Crippen molar-refractivity contribution in [1.82, 2.24) is 10.6 Å². The lowest BCUT2D eigenvalue weighted by molar-refractivity contribution is -0.286. The molecule has 2 aliphatic heterocycles. The Bertz CT molecular complexity index is 2620. The van der Waals surface area contributed by atoms with Crippen molar-refractivity contribution in [1.29, 1.82) is 0 Å². The zero-order valence-corrected chi connectivity index (χ0v) is 77.7. The maximum atomic E-state index is 15.1. The molecule has 2 heterocycles. The molecule has 0 spiro atoms. The first-order valence-corrected chi connectivity index (χ1v) is 51.0. The second-order valence-corrected chi connectivity index (χ2v) is 36.5. The number of hydrogen-bond acceptors (Lipinski definition) is 20. The number of esters is 4. The third kappa shape index (κ3) is 59.0. The molecule has 0 radical (unpaired) electrons. The van der Waals surface area contributed by atoms with E-state index in [1.807, 2.05) is 0 Å². The van der Waals surface area contributed by atoms with Gasteiger partial charge in [0.25, 0.3) is 0 Å². The molecule has 25 nitrogen and oxygen atoms in total. The van der Waals surface area contributed by atoms with Crippen LogP contribution in [0.25, 0.3) is 0 Å². The number of carbonyl (C=O) groups excluding carboxylic acids is 6. The third-order valence-corrected chi connectivity index (χ3v) is 24.4. The van der Waals surface area contributed by atoms with Crippen LogP contribution < -0.4 is 10.6 Å². The van der Waals surface area contributed by atoms with Crippen LogP contribution in [-0.2, 0) is 75.8 Å². The van der Waals surface area contributed by atoms with Crippen molar-refractivity contribution in [3.05, 3.63) is 0 Å². The highest BCUT2D eigenvalue weighted by Gasteiger charge is 2.55. The zero-order chi connectivity index (χ0) is 88.8. The fraction of sp³-hybridized carbons (Fsp3) is 0.926. The average molecular weight is 1750 g/mol. The van der Waals surface area contributed by atoms with Crippen LogP contribution in [-0.4, -0.2) is 176 Å². The molecule has 2 rings (SSSR count). The number of aliphatic hydroxyl groups excluding tert-OH is 4. The molecule has 2 saturated heterocycles. The van der Waals surface area contributed by atoms with Crippen LogP contribution in [0.1, 0.15) is 465 Å². The molecular weight excluding hydrogens is 1570 g/mol. The van der Waals surface area contributed by atoms with Gasteiger partial charge in [-0.05, 0) is 51.4 Å². The number of carbonyl (C=O) groups is 7. The second kappa shape index (κ2) is 75.1. The molecule has 121 heavy (non-hydrogen) atoms. The molecule has 0 aromatic rings. The molecule has 0 aromatic heterocycles. The Hall–Kier alpha value is -3.88. The van der Waals surface area contributed by atoms with Gasteiger partial charge >= 0.3 is 37.7 Å². The molecule has 2 aliphatic rings. The Morgan fingerprint density at radius 2 is 0.678 bits per heavy atom. The number of nitrogens with one attached hydrogen (secondary N) is 2. The van der Waals surface area contributed by atoms with Crippen molar-refractivity contribution < 1.29 is 111 Å². The van der Waals surface area contributed by atoms with E-state index < -0.39 is 174 Å². The van der Waals surface area contributed by atoms with Gasteiger partial charge in [-0.15, -0.1) is 0 Å². The van der Waals surface area contributed by atoms with Gasteiger partial charge in [0.2, 0.25) is 11.8 Å². The van der Waals surface area contributed by atoms with Gasteiger partial charge in [0.15, 0.2) is 24.6 Å². The summed E-state index contributed by atoms with van der Waals surface area (Å²) >= 11 is 0. The van der Waals surface area contributed by atoms with Gasteiger partial charge in [-0.25, -0.2) is 9.36 Å². The lowest BCUT2D eigenvalue weighted by Crippen LogP contribution is -2.68. The molecule has 0 aromatic carbocycles. The summed E-state index contributed by atoms with van der Waals surface area (Å²) in [7, 11) is -5.66. The summed E-state index contributed by atoms with van der Waals surface area (Å²) in [5.41, 5.74) is 0. The lowest BCUT2D eigenvalue weighted by atomic mass is 9.91. The smallest absolute Gasteiger partial charge is 0.470 e. The Morgan fingerprint density at radius 3 is 1.04 bits per heavy atom. The van der Waals surface area contributed by atoms with Gasteiger partial charge < -0.3 is 79.1 Å². The van der Waals surface area contributed by atoms with Gasteiger partial charge in [-0.2, -0.15) is 0 Å². The van der Waals surface area contributed by atoms with E-state index in [4.69, 9.17) is 37.7 Å². The molecule has 0 bridgehead atoms. The quantitative estimate of drug-likeness (QED) is 0.0118. The molecule has 0 aliphatic carbocycles. The number of carboxylic acid groups (broad SMARTS) is 1. The zero-order valence-electron chi connectivity index (χ0n) is 76.8. The number of phosphoric acid groups is 1. The highest BCUT2D eigenvalue weighted by molar-refractivity contribution is 7.46. The number of ether oxygens (including phenoxy) is 7. The summed E-state index contributed by atoms with van der Waals surface area (Å²) in [6.07, 6.45) is 35.9. The molecule has 710 valence electrons. The van der Waals surface area contributed by atoms with Gasteiger partial charge in [-0.3, -0.25) is 33.3 Å². The SMILES string of the molecule is CCCCCCCCCCCCCC(=O)O[C@H](CCCCCCCCCCC)CC(=O)O[C@@H]1[C@@H](NC(=O)C[C@@H](CCCCCCCCCCC)OC(=O)CCCCCCCCCCC)[C@H](OC[C@H]2O[C@H](C(=O)O)[C@H](NC(=O)C[C@H](O)CCCCCCCCCCC)[C@@H](OC(=O)C[C@H](O)CCCCCCCCCCC)[C@@H]2O)O[C@H](CO)[C@H]1OP(=O)(O)O. The molecule has 0 unspecified atom stereocenters. The van der Waals surface area contributed by atoms with Crippen LogP contribution >= 0.6 is 7.82 Å². The minimum atomic E-state index is -5.66. The standard InChI is InChI=1S/C95H177N2O23P/c1-7-13-19-25-31-37-38-44-50-56-62-68-84(104)115-78(66-60-54-48-42-35-29-23-17-11-5)72-86(106)119-92-88(97-82(102)71-77(65-59-53-47-41-34-28-22-16-10-4)114-83(103)67-61-55-49-43-36-30-24-18-12-6)95(117-79(73-98)90(92)120-121(110,111)112)113-74-80-89(107)91(118-85(105)70-76(100)64-58-52-46-40-33-27-21-15-9-3)87(93(116-80)94(108)109)96-81(101)69-75(99)63-57-51-45-39-32-26-20-14-8-2/h75-80,87-93,95,98-100,107H,7-74H2,1-6H3,(H,96,101)(H,97,102)(H,108,109)(H2,110,111,112)/t75-,76-,77-,78-,79-,80-,87-,88-,89-,90-,91-,92-,93+,95-/m1/s1. The van der Waals surface area contributed by atoms with Crippen molar-refractivity contribution >= 4 is 49.5 Å². The van der Waals surface area contributed by atoms with Crippen LogP contribution in [0.5, 0.6) is 0 Å². The van der Waals surface area contributed by atoms with E-state index in [0.29, 0.717) is 38.5 Å². The van der Waals surface area contributed by atoms with Gasteiger partial charge in [0.1, 0.15) is 48.7 Å². The number of phosphoric ester groups is 1. The number of aliphatic carboxylic acids is 1. The number of amides is 2. The Balaban J connectivity index is 2.79. The largest absolute Gasteiger partial charge is 0.479 e. The maximum Gasteiger partial charge on any atom is 0.470 e. The summed E-state index contributed by atoms with van der Waals surface area (Å²) in [6, 6.07) is -3.69. The van der Waals surface area contributed by atoms with Crippen LogP contribution in [0.4, 0.5) is 0 Å². The van der Waals surface area contributed by atoms with Crippen molar-refractivity contribution in [2.75, 3.05) is 13.2 Å². The highest BCUT2D eigenvalue weighted by Crippen LogP contribution is 2.43. The van der Waals surface area contributed by atoms with Gasteiger partial charge in [-0.1, -0.05) is 375 Å². The number of unbranched alkanes of at least 4 members (excludes halogenated alkanes) is 50. The molecule has 0 saturated carbocycles. The Morgan fingerprint density at radius 1 is 0.364 bits per heavy atom. The van der Waals surface area contributed by atoms with Crippen LogP contribution in [0.15, 0.2) is 0 Å². The van der Waals surface area contributed by atoms with Crippen LogP contribution in [0.2, 0.25) is 0 Å². The monoisotopic (exact) mass is 1750 g/mol. The third-order valence-electron chi connectivity index (χ3n) is 23.9. The lowest BCUT2D eigenvalue weighted by Gasteiger charge is -2.46. The topological polar surface area (TPSA) is 376 Å². The van der Waals surface area contributed by atoms with E-state index in [9.17, 15) is 68.7 Å². The maximum absolute atomic E-state index is 15.1. The van der Waals surface area contributed by atoms with Gasteiger partial charge in [0, 0.05) is 12.8 Å². The fourth-order valence-corrected chi connectivity index (χ4v) is 17.2. The van der Waals surface area contributed by atoms with E-state index in [-0.39, 0.29) is 38.5 Å². The predicted octanol–water partition coefficient (Wildman–Crippen LogP) is 20.6. The van der Waals surface area contributed by atoms with E-state index in [1.54, 1.807) is 0 Å². The predicted molar refractivity (Wildman–Crippen MR) is 475 cm³/mol. The summed E-state index contributed by atoms with van der Waals surface area (Å²) in [6.45, 7) is 11.0. The molecule has 14 atom stereocenters. The van der Waals surface area contributed by atoms with Crippen molar-refractivity contribution in [2.45, 2.75) is 551 Å². The number of carboxylic acids is 1. The number of rotatable bonds is 83. The summed E-state index contributed by atoms with van der Waals surface area (Å²) in [5.74, 6) is -6.52. The van der Waals surface area contributed by atoms with E-state index in [2.05, 4.69) is 52.2 Å². The first kappa shape index (κ1) is 113. The van der Waals surface area contributed by atoms with Crippen LogP contribution in [0.3, 0.4) is 0 Å². The summed E-state index contributed by atoms with van der Waals surface area (Å²) in [5, 5.41) is 62.4. The molecule has 2 fully saturated rings. The Kier molecular flexibility index (Phi) is 70.3. The van der Waals surface area contributed by atoms with Crippen LogP contribution in [0, 0.1) is 0 Å². The first-order valence-electron chi connectivity index (χ1n) is 49.4. The summed E-state index contributed by atoms with van der Waals surface area (Å²) < 4.78 is 61.9. The van der Waals surface area contributed by atoms with Crippen molar-refractivity contribution in [3.63, 3.8) is 0 Å². The molecule has 26 heteroatoms. The van der Waals surface area contributed by atoms with Crippen molar-refractivity contribution in [2.24, 2.45) is 0 Å². The summed E-state index contributed by atoms with van der Waals surface area (Å²) in [4.78, 5) is 121. The average Bonchev–Trinajstić information content (AvgIpc) is 0.779. The van der Waals surface area contributed by atoms with E-state index in [1.165, 1.54) is 89.9 Å². The highest BCUT2D eigenvalue weighted by atomic mass is 31.2. The van der Waals surface area contributed by atoms with Crippen molar-refractivity contribution in [3.8, 4) is 0 Å². The fourth-order valence-electron chi connectivity index (χ4n) is 16.6. The normalized spacial score (nSPS) is 20.3. The minimum absolute atomic E-state index is 0.0930. The van der Waals surface area contributed by atoms with E-state index in [0.717, 1.165) is 231 Å². The molecule has 9 N–H and O–H groups in total. The Labute approximate surface area is 731 Å². The molecule has 2 amide bonds. The minimum Gasteiger partial charge on any atom is -0.479 e. The first-order chi connectivity index (χ1) is 58.5.